The lowest BCUT2D eigenvalue weighted by Crippen LogP contribution is -2.32. The second kappa shape index (κ2) is 9.02. The maximum Gasteiger partial charge on any atom is 0.357 e. The van der Waals surface area contributed by atoms with Crippen LogP contribution in [0.5, 0.6) is 0 Å². The molecular weight excluding hydrogens is 408 g/mol. The molecule has 154 valence electrons. The predicted molar refractivity (Wildman–Crippen MR) is 114 cm³/mol. The SMILES string of the molecule is COC(=O)c1csc(CN(CCC(C)C)S(=O)(=O)c2cccc3ccccc23)n1. The Labute approximate surface area is 175 Å². The van der Waals surface area contributed by atoms with E-state index >= 15 is 0 Å². The molecule has 0 saturated carbocycles. The zero-order valence-corrected chi connectivity index (χ0v) is 18.3. The van der Waals surface area contributed by atoms with E-state index in [0.29, 0.717) is 22.9 Å². The quantitative estimate of drug-likeness (QED) is 0.496. The van der Waals surface area contributed by atoms with Crippen molar-refractivity contribution in [2.45, 2.75) is 31.7 Å². The Balaban J connectivity index is 1.98. The van der Waals surface area contributed by atoms with Crippen LogP contribution in [-0.2, 0) is 21.3 Å². The zero-order valence-electron chi connectivity index (χ0n) is 16.7. The van der Waals surface area contributed by atoms with Gasteiger partial charge in [-0.3, -0.25) is 0 Å². The molecule has 0 saturated heterocycles. The van der Waals surface area contributed by atoms with Crippen molar-refractivity contribution in [3.05, 3.63) is 58.5 Å². The summed E-state index contributed by atoms with van der Waals surface area (Å²) < 4.78 is 33.3. The van der Waals surface area contributed by atoms with Gasteiger partial charge in [-0.1, -0.05) is 50.2 Å². The molecule has 6 nitrogen and oxygen atoms in total. The van der Waals surface area contributed by atoms with Gasteiger partial charge >= 0.3 is 5.97 Å². The number of esters is 1. The molecule has 8 heteroatoms. The summed E-state index contributed by atoms with van der Waals surface area (Å²) in [6.45, 7) is 4.60. The van der Waals surface area contributed by atoms with Gasteiger partial charge in [0.1, 0.15) is 5.01 Å². The normalized spacial score (nSPS) is 12.0. The van der Waals surface area contributed by atoms with E-state index in [4.69, 9.17) is 4.74 Å². The molecule has 29 heavy (non-hydrogen) atoms. The van der Waals surface area contributed by atoms with E-state index in [1.165, 1.54) is 22.8 Å². The highest BCUT2D eigenvalue weighted by Crippen LogP contribution is 2.28. The summed E-state index contributed by atoms with van der Waals surface area (Å²) in [4.78, 5) is 16.2. The highest BCUT2D eigenvalue weighted by atomic mass is 32.2. The number of fused-ring (bicyclic) bond motifs is 1. The van der Waals surface area contributed by atoms with Gasteiger partial charge in [-0.15, -0.1) is 11.3 Å². The first-order valence-electron chi connectivity index (χ1n) is 9.33. The Morgan fingerprint density at radius 2 is 1.90 bits per heavy atom. The molecule has 0 amide bonds. The first kappa shape index (κ1) is 21.4. The number of hydrogen-bond donors (Lipinski definition) is 0. The molecule has 1 heterocycles. The third kappa shape index (κ3) is 4.83. The number of hydrogen-bond acceptors (Lipinski definition) is 6. The van der Waals surface area contributed by atoms with E-state index in [0.717, 1.165) is 11.8 Å². The Hall–Kier alpha value is -2.29. The van der Waals surface area contributed by atoms with Gasteiger partial charge in [0, 0.05) is 17.3 Å². The number of carbonyl (C=O) groups excluding carboxylic acids is 1. The van der Waals surface area contributed by atoms with Gasteiger partial charge in [-0.05, 0) is 23.8 Å². The minimum Gasteiger partial charge on any atom is -0.464 e. The fraction of sp³-hybridized carbons (Fsp3) is 0.333. The van der Waals surface area contributed by atoms with Crippen LogP contribution in [0.15, 0.2) is 52.7 Å². The van der Waals surface area contributed by atoms with Crippen molar-refractivity contribution in [1.29, 1.82) is 0 Å². The van der Waals surface area contributed by atoms with Gasteiger partial charge in [-0.25, -0.2) is 18.2 Å². The lowest BCUT2D eigenvalue weighted by molar-refractivity contribution is 0.0594. The van der Waals surface area contributed by atoms with Gasteiger partial charge in [-0.2, -0.15) is 4.31 Å². The lowest BCUT2D eigenvalue weighted by atomic mass is 10.1. The Morgan fingerprint density at radius 1 is 1.17 bits per heavy atom. The second-order valence-corrected chi connectivity index (χ2v) is 9.97. The number of nitrogens with zero attached hydrogens (tertiary/aromatic N) is 2. The number of sulfonamides is 1. The molecular formula is C21H24N2O4S2. The fourth-order valence-electron chi connectivity index (χ4n) is 2.98. The van der Waals surface area contributed by atoms with Crippen LogP contribution in [-0.4, -0.2) is 37.3 Å². The fourth-order valence-corrected chi connectivity index (χ4v) is 5.47. The predicted octanol–water partition coefficient (Wildman–Crippen LogP) is 4.32. The van der Waals surface area contributed by atoms with Gasteiger partial charge < -0.3 is 4.74 Å². The van der Waals surface area contributed by atoms with Gasteiger partial charge in [0.05, 0.1) is 18.6 Å². The van der Waals surface area contributed by atoms with Crippen molar-refractivity contribution in [2.75, 3.05) is 13.7 Å². The Morgan fingerprint density at radius 3 is 2.62 bits per heavy atom. The maximum absolute atomic E-state index is 13.6. The zero-order chi connectivity index (χ0) is 21.0. The van der Waals surface area contributed by atoms with E-state index in [1.54, 1.807) is 17.5 Å². The summed E-state index contributed by atoms with van der Waals surface area (Å²) in [5, 5.41) is 3.71. The highest BCUT2D eigenvalue weighted by Gasteiger charge is 2.27. The number of rotatable bonds is 8. The van der Waals surface area contributed by atoms with Crippen molar-refractivity contribution < 1.29 is 17.9 Å². The third-order valence-corrected chi connectivity index (χ3v) is 7.32. The van der Waals surface area contributed by atoms with Crippen LogP contribution in [0.25, 0.3) is 10.8 Å². The van der Waals surface area contributed by atoms with E-state index in [9.17, 15) is 13.2 Å². The van der Waals surface area contributed by atoms with Crippen LogP contribution >= 0.6 is 11.3 Å². The number of ether oxygens (including phenoxy) is 1. The molecule has 0 N–H and O–H groups in total. The molecule has 0 aliphatic rings. The molecule has 0 unspecified atom stereocenters. The van der Waals surface area contributed by atoms with E-state index in [2.05, 4.69) is 18.8 Å². The molecule has 1 aromatic heterocycles. The molecule has 3 rings (SSSR count). The summed E-state index contributed by atoms with van der Waals surface area (Å²) in [7, 11) is -2.46. The largest absolute Gasteiger partial charge is 0.464 e. The molecule has 0 spiro atoms. The van der Waals surface area contributed by atoms with Crippen molar-refractivity contribution in [2.24, 2.45) is 5.92 Å². The Bertz CT molecular complexity index is 1100. The van der Waals surface area contributed by atoms with Gasteiger partial charge in [0.25, 0.3) is 0 Å². The summed E-state index contributed by atoms with van der Waals surface area (Å²) in [5.74, 6) is -0.180. The minimum absolute atomic E-state index is 0.111. The summed E-state index contributed by atoms with van der Waals surface area (Å²) >= 11 is 1.25. The highest BCUT2D eigenvalue weighted by molar-refractivity contribution is 7.89. The standard InChI is InChI=1S/C21H24N2O4S2/c1-15(2)11-12-23(13-20-22-18(14-28-20)21(24)27-3)29(25,26)19-10-6-8-16-7-4-5-9-17(16)19/h4-10,14-15H,11-13H2,1-3H3. The molecule has 2 aromatic carbocycles. The van der Waals surface area contributed by atoms with Crippen LogP contribution in [0.2, 0.25) is 0 Å². The third-order valence-electron chi connectivity index (χ3n) is 4.58. The van der Waals surface area contributed by atoms with Crippen LogP contribution in [0.1, 0.15) is 35.8 Å². The average molecular weight is 433 g/mol. The van der Waals surface area contributed by atoms with Crippen molar-refractivity contribution in [3.8, 4) is 0 Å². The van der Waals surface area contributed by atoms with Gasteiger partial charge in [0.2, 0.25) is 10.0 Å². The first-order chi connectivity index (χ1) is 13.8. The molecule has 0 bridgehead atoms. The summed E-state index contributed by atoms with van der Waals surface area (Å²) in [6, 6.07) is 12.7. The monoisotopic (exact) mass is 432 g/mol. The molecule has 0 radical (unpaired) electrons. The van der Waals surface area contributed by atoms with E-state index in [-0.39, 0.29) is 17.1 Å². The smallest absolute Gasteiger partial charge is 0.357 e. The van der Waals surface area contributed by atoms with Crippen LogP contribution in [0.4, 0.5) is 0 Å². The topological polar surface area (TPSA) is 76.6 Å². The van der Waals surface area contributed by atoms with Crippen LogP contribution in [0, 0.1) is 5.92 Å². The van der Waals surface area contributed by atoms with Crippen molar-refractivity contribution in [1.82, 2.24) is 9.29 Å². The first-order valence-corrected chi connectivity index (χ1v) is 11.7. The summed E-state index contributed by atoms with van der Waals surface area (Å²) in [5.41, 5.74) is 0.193. The average Bonchev–Trinajstić information content (AvgIpc) is 3.18. The summed E-state index contributed by atoms with van der Waals surface area (Å²) in [6.07, 6.45) is 0.721. The number of benzene rings is 2. The number of carbonyl (C=O) groups is 1. The maximum atomic E-state index is 13.6. The van der Waals surface area contributed by atoms with Crippen molar-refractivity contribution >= 4 is 38.1 Å². The molecule has 0 fully saturated rings. The molecule has 0 atom stereocenters. The Kier molecular flexibility index (Phi) is 6.66. The van der Waals surface area contributed by atoms with Crippen LogP contribution in [0.3, 0.4) is 0 Å². The van der Waals surface area contributed by atoms with E-state index in [1.807, 2.05) is 30.3 Å². The van der Waals surface area contributed by atoms with Crippen molar-refractivity contribution in [3.63, 3.8) is 0 Å². The van der Waals surface area contributed by atoms with Crippen LogP contribution < -0.4 is 0 Å². The number of thiazole rings is 1. The minimum atomic E-state index is -3.75. The molecule has 0 aliphatic heterocycles. The van der Waals surface area contributed by atoms with E-state index < -0.39 is 16.0 Å². The number of aromatic nitrogens is 1. The molecule has 3 aromatic rings. The second-order valence-electron chi connectivity index (χ2n) is 7.12. The lowest BCUT2D eigenvalue weighted by Gasteiger charge is -2.23. The van der Waals surface area contributed by atoms with Gasteiger partial charge in [0.15, 0.2) is 5.69 Å². The number of methoxy groups -OCH3 is 1. The molecule has 0 aliphatic carbocycles.